The van der Waals surface area contributed by atoms with E-state index in [2.05, 4.69) is 31.1 Å². The number of nitrogens with zero attached hydrogens (tertiary/aromatic N) is 1. The molecular formula is C14H22N2O2S. The van der Waals surface area contributed by atoms with Gasteiger partial charge in [-0.25, -0.2) is 9.78 Å². The number of hydrogen-bond donors (Lipinski definition) is 1. The van der Waals surface area contributed by atoms with Gasteiger partial charge in [0.25, 0.3) is 0 Å². The molecule has 1 atom stereocenters. The highest BCUT2D eigenvalue weighted by Crippen LogP contribution is 2.30. The monoisotopic (exact) mass is 282 g/mol. The number of methoxy groups -OCH3 is 1. The molecule has 1 unspecified atom stereocenters. The van der Waals surface area contributed by atoms with Crippen molar-refractivity contribution >= 4 is 17.3 Å². The van der Waals surface area contributed by atoms with Crippen molar-refractivity contribution in [3.8, 4) is 0 Å². The highest BCUT2D eigenvalue weighted by atomic mass is 32.1. The molecule has 2 rings (SSSR count). The van der Waals surface area contributed by atoms with Gasteiger partial charge < -0.3 is 4.74 Å². The Bertz CT molecular complexity index is 447. The third-order valence-corrected chi connectivity index (χ3v) is 4.49. The Labute approximate surface area is 118 Å². The maximum atomic E-state index is 11.9. The predicted molar refractivity (Wildman–Crippen MR) is 76.3 cm³/mol. The van der Waals surface area contributed by atoms with Crippen LogP contribution < -0.4 is 5.32 Å². The first kappa shape index (κ1) is 14.5. The SMILES string of the molecule is COC(=O)C(NCC1CC1)c1csc(C(C)(C)C)n1. The van der Waals surface area contributed by atoms with Crippen LogP contribution in [-0.4, -0.2) is 24.6 Å². The predicted octanol–water partition coefficient (Wildman–Crippen LogP) is 2.65. The summed E-state index contributed by atoms with van der Waals surface area (Å²) in [5.74, 6) is 0.458. The smallest absolute Gasteiger partial charge is 0.329 e. The zero-order valence-corrected chi connectivity index (χ0v) is 12.8. The summed E-state index contributed by atoms with van der Waals surface area (Å²) in [5, 5.41) is 6.29. The fourth-order valence-corrected chi connectivity index (χ4v) is 2.73. The number of rotatable bonds is 5. The van der Waals surface area contributed by atoms with Gasteiger partial charge in [0.2, 0.25) is 0 Å². The van der Waals surface area contributed by atoms with Crippen LogP contribution in [0.5, 0.6) is 0 Å². The zero-order chi connectivity index (χ0) is 14.0. The Kier molecular flexibility index (Phi) is 4.26. The molecule has 0 amide bonds. The Morgan fingerprint density at radius 1 is 1.58 bits per heavy atom. The van der Waals surface area contributed by atoms with Crippen molar-refractivity contribution in [2.75, 3.05) is 13.7 Å². The Morgan fingerprint density at radius 3 is 2.74 bits per heavy atom. The lowest BCUT2D eigenvalue weighted by Gasteiger charge is -2.16. The molecule has 0 spiro atoms. The van der Waals surface area contributed by atoms with Gasteiger partial charge in [0.15, 0.2) is 0 Å². The fourth-order valence-electron chi connectivity index (χ4n) is 1.80. The van der Waals surface area contributed by atoms with Gasteiger partial charge in [-0.1, -0.05) is 20.8 Å². The molecule has 1 heterocycles. The quantitative estimate of drug-likeness (QED) is 0.844. The second-order valence-electron chi connectivity index (χ2n) is 6.14. The van der Waals surface area contributed by atoms with E-state index in [-0.39, 0.29) is 11.4 Å². The van der Waals surface area contributed by atoms with Crippen LogP contribution >= 0.6 is 11.3 Å². The van der Waals surface area contributed by atoms with Gasteiger partial charge in [-0.2, -0.15) is 0 Å². The van der Waals surface area contributed by atoms with E-state index in [4.69, 9.17) is 4.74 Å². The van der Waals surface area contributed by atoms with E-state index in [0.29, 0.717) is 5.92 Å². The summed E-state index contributed by atoms with van der Waals surface area (Å²) in [5.41, 5.74) is 0.794. The van der Waals surface area contributed by atoms with E-state index >= 15 is 0 Å². The number of carbonyl (C=O) groups is 1. The summed E-state index contributed by atoms with van der Waals surface area (Å²) < 4.78 is 4.88. The summed E-state index contributed by atoms with van der Waals surface area (Å²) in [6.07, 6.45) is 2.51. The first-order valence-electron chi connectivity index (χ1n) is 6.69. The largest absolute Gasteiger partial charge is 0.468 e. The van der Waals surface area contributed by atoms with Gasteiger partial charge in [0, 0.05) is 10.8 Å². The lowest BCUT2D eigenvalue weighted by Crippen LogP contribution is -2.31. The van der Waals surface area contributed by atoms with Crippen molar-refractivity contribution in [1.82, 2.24) is 10.3 Å². The van der Waals surface area contributed by atoms with Crippen molar-refractivity contribution in [2.24, 2.45) is 5.92 Å². The van der Waals surface area contributed by atoms with E-state index in [1.165, 1.54) is 20.0 Å². The van der Waals surface area contributed by atoms with E-state index in [1.54, 1.807) is 11.3 Å². The van der Waals surface area contributed by atoms with Crippen LogP contribution in [0.2, 0.25) is 0 Å². The number of nitrogens with one attached hydrogen (secondary N) is 1. The van der Waals surface area contributed by atoms with Crippen LogP contribution in [0.1, 0.15) is 50.4 Å². The molecule has 0 aromatic carbocycles. The number of hydrogen-bond acceptors (Lipinski definition) is 5. The average molecular weight is 282 g/mol. The second-order valence-corrected chi connectivity index (χ2v) is 6.99. The summed E-state index contributed by atoms with van der Waals surface area (Å²) in [6.45, 7) is 7.24. The molecule has 1 aliphatic rings. The molecule has 0 saturated heterocycles. The number of aromatic nitrogens is 1. The molecule has 1 N–H and O–H groups in total. The Morgan fingerprint density at radius 2 is 2.26 bits per heavy atom. The van der Waals surface area contributed by atoms with Crippen molar-refractivity contribution in [3.63, 3.8) is 0 Å². The van der Waals surface area contributed by atoms with Gasteiger partial charge in [-0.3, -0.25) is 5.32 Å². The normalized spacial score (nSPS) is 17.3. The molecule has 1 aromatic rings. The molecule has 0 radical (unpaired) electrons. The zero-order valence-electron chi connectivity index (χ0n) is 12.0. The average Bonchev–Trinajstić information content (AvgIpc) is 3.02. The van der Waals surface area contributed by atoms with E-state index in [0.717, 1.165) is 17.2 Å². The highest BCUT2D eigenvalue weighted by molar-refractivity contribution is 7.09. The lowest BCUT2D eigenvalue weighted by molar-refractivity contribution is -0.143. The summed E-state index contributed by atoms with van der Waals surface area (Å²) in [4.78, 5) is 16.5. The minimum absolute atomic E-state index is 0.0140. The van der Waals surface area contributed by atoms with E-state index in [9.17, 15) is 4.79 Å². The maximum absolute atomic E-state index is 11.9. The number of carbonyl (C=O) groups excluding carboxylic acids is 1. The van der Waals surface area contributed by atoms with E-state index in [1.807, 2.05) is 5.38 Å². The molecule has 0 aliphatic heterocycles. The topological polar surface area (TPSA) is 51.2 Å². The van der Waals surface area contributed by atoms with Crippen molar-refractivity contribution in [3.05, 3.63) is 16.1 Å². The third kappa shape index (κ3) is 3.76. The molecule has 1 saturated carbocycles. The molecule has 4 nitrogen and oxygen atoms in total. The molecule has 5 heteroatoms. The molecule has 106 valence electrons. The van der Waals surface area contributed by atoms with Crippen molar-refractivity contribution in [1.29, 1.82) is 0 Å². The molecule has 1 aliphatic carbocycles. The van der Waals surface area contributed by atoms with Crippen LogP contribution in [0.3, 0.4) is 0 Å². The second kappa shape index (κ2) is 5.59. The van der Waals surface area contributed by atoms with Gasteiger partial charge >= 0.3 is 5.97 Å². The standard InChI is InChI=1S/C14H22N2O2S/c1-14(2,3)13-16-10(8-19-13)11(12(17)18-4)15-7-9-5-6-9/h8-9,11,15H,5-7H2,1-4H3. The van der Waals surface area contributed by atoms with Crippen LogP contribution in [0.25, 0.3) is 0 Å². The highest BCUT2D eigenvalue weighted by Gasteiger charge is 2.29. The Hall–Kier alpha value is -0.940. The minimum atomic E-state index is -0.432. The maximum Gasteiger partial charge on any atom is 0.329 e. The van der Waals surface area contributed by atoms with Crippen molar-refractivity contribution < 1.29 is 9.53 Å². The van der Waals surface area contributed by atoms with Gasteiger partial charge in [-0.15, -0.1) is 11.3 Å². The fraction of sp³-hybridized carbons (Fsp3) is 0.714. The van der Waals surface area contributed by atoms with Crippen LogP contribution in [0.15, 0.2) is 5.38 Å². The first-order chi connectivity index (χ1) is 8.91. The van der Waals surface area contributed by atoms with Gasteiger partial charge in [0.1, 0.15) is 6.04 Å². The summed E-state index contributed by atoms with van der Waals surface area (Å²) >= 11 is 1.60. The number of thiazole rings is 1. The molecular weight excluding hydrogens is 260 g/mol. The number of ether oxygens (including phenoxy) is 1. The molecule has 1 aromatic heterocycles. The van der Waals surface area contributed by atoms with E-state index < -0.39 is 6.04 Å². The van der Waals surface area contributed by atoms with Crippen LogP contribution in [0.4, 0.5) is 0 Å². The molecule has 1 fully saturated rings. The Balaban J connectivity index is 2.11. The number of esters is 1. The molecule has 0 bridgehead atoms. The van der Waals surface area contributed by atoms with Crippen LogP contribution in [-0.2, 0) is 14.9 Å². The van der Waals surface area contributed by atoms with Gasteiger partial charge in [-0.05, 0) is 25.3 Å². The summed E-state index contributed by atoms with van der Waals surface area (Å²) in [7, 11) is 1.42. The third-order valence-electron chi connectivity index (χ3n) is 3.20. The van der Waals surface area contributed by atoms with Crippen molar-refractivity contribution in [2.45, 2.75) is 45.1 Å². The molecule has 19 heavy (non-hydrogen) atoms. The minimum Gasteiger partial charge on any atom is -0.468 e. The lowest BCUT2D eigenvalue weighted by atomic mass is 9.98. The summed E-state index contributed by atoms with van der Waals surface area (Å²) in [6, 6.07) is -0.432. The van der Waals surface area contributed by atoms with Crippen LogP contribution in [0, 0.1) is 5.92 Å². The van der Waals surface area contributed by atoms with Gasteiger partial charge in [0.05, 0.1) is 17.8 Å². The first-order valence-corrected chi connectivity index (χ1v) is 7.57.